The molecule has 5 heteroatoms. The van der Waals surface area contributed by atoms with E-state index in [2.05, 4.69) is 17.2 Å². The zero-order valence-corrected chi connectivity index (χ0v) is 14.6. The Labute approximate surface area is 145 Å². The first-order valence-electron chi connectivity index (χ1n) is 8.04. The van der Waals surface area contributed by atoms with Crippen LogP contribution < -0.4 is 10.1 Å². The molecule has 0 aliphatic carbocycles. The predicted octanol–water partition coefficient (Wildman–Crippen LogP) is 4.83. The highest BCUT2D eigenvalue weighted by Gasteiger charge is 2.13. The quantitative estimate of drug-likeness (QED) is 0.699. The van der Waals surface area contributed by atoms with Crippen molar-refractivity contribution in [2.75, 3.05) is 11.9 Å². The molecule has 0 bridgehead atoms. The summed E-state index contributed by atoms with van der Waals surface area (Å²) in [6.07, 6.45) is 0.435. The van der Waals surface area contributed by atoms with Gasteiger partial charge in [-0.3, -0.25) is 4.79 Å². The number of nitrogens with zero attached hydrogens (tertiary/aromatic N) is 1. The van der Waals surface area contributed by atoms with Crippen LogP contribution in [0.2, 0.25) is 0 Å². The maximum Gasteiger partial charge on any atom is 0.226 e. The van der Waals surface area contributed by atoms with Gasteiger partial charge in [-0.2, -0.15) is 0 Å². The molecule has 124 valence electrons. The maximum absolute atomic E-state index is 12.3. The minimum atomic E-state index is -0.0181. The fourth-order valence-corrected chi connectivity index (χ4v) is 3.47. The summed E-state index contributed by atoms with van der Waals surface area (Å²) < 4.78 is 6.50. The number of ether oxygens (including phenoxy) is 1. The molecule has 0 radical (unpaired) electrons. The Morgan fingerprint density at radius 3 is 2.79 bits per heavy atom. The van der Waals surface area contributed by atoms with Gasteiger partial charge >= 0.3 is 0 Å². The second kappa shape index (κ2) is 7.45. The molecule has 0 saturated carbocycles. The van der Waals surface area contributed by atoms with Crippen molar-refractivity contribution in [3.8, 4) is 5.75 Å². The van der Waals surface area contributed by atoms with Crippen molar-refractivity contribution < 1.29 is 9.53 Å². The summed E-state index contributed by atoms with van der Waals surface area (Å²) in [5, 5.41) is 3.54. The molecule has 0 spiro atoms. The zero-order chi connectivity index (χ0) is 16.9. The van der Waals surface area contributed by atoms with Crippen LogP contribution in [-0.4, -0.2) is 17.5 Å². The van der Waals surface area contributed by atoms with E-state index in [0.29, 0.717) is 18.2 Å². The molecular formula is C19H20N2O2S. The van der Waals surface area contributed by atoms with Crippen LogP contribution in [0.25, 0.3) is 10.2 Å². The Hall–Kier alpha value is -2.40. The predicted molar refractivity (Wildman–Crippen MR) is 98.9 cm³/mol. The van der Waals surface area contributed by atoms with Crippen molar-refractivity contribution in [3.63, 3.8) is 0 Å². The van der Waals surface area contributed by atoms with Crippen LogP contribution in [0, 0.1) is 0 Å². The first-order valence-corrected chi connectivity index (χ1v) is 8.85. The molecule has 0 aliphatic rings. The number of carbonyl (C=O) groups excluding carboxylic acids is 1. The van der Waals surface area contributed by atoms with Crippen LogP contribution in [0.4, 0.5) is 5.13 Å². The summed E-state index contributed by atoms with van der Waals surface area (Å²) >= 11 is 1.47. The molecule has 0 saturated heterocycles. The van der Waals surface area contributed by atoms with E-state index in [1.54, 1.807) is 0 Å². The van der Waals surface area contributed by atoms with E-state index in [-0.39, 0.29) is 11.8 Å². The molecule has 1 heterocycles. The van der Waals surface area contributed by atoms with Gasteiger partial charge in [-0.15, -0.1) is 0 Å². The number of amides is 1. The SMILES string of the molecule is CCOc1ccc2nc(NC(=O)C[C@@H](C)c3ccccc3)sc2c1. The Morgan fingerprint density at radius 1 is 1.25 bits per heavy atom. The number of rotatable bonds is 6. The van der Waals surface area contributed by atoms with Crippen LogP contribution in [-0.2, 0) is 4.79 Å². The van der Waals surface area contributed by atoms with Crippen molar-refractivity contribution in [1.82, 2.24) is 4.98 Å². The highest BCUT2D eigenvalue weighted by Crippen LogP contribution is 2.29. The second-order valence-electron chi connectivity index (χ2n) is 5.65. The lowest BCUT2D eigenvalue weighted by molar-refractivity contribution is -0.116. The van der Waals surface area contributed by atoms with Gasteiger partial charge in [0.15, 0.2) is 5.13 Å². The molecule has 0 aliphatic heterocycles. The minimum absolute atomic E-state index is 0.0181. The summed E-state index contributed by atoms with van der Waals surface area (Å²) in [7, 11) is 0. The lowest BCUT2D eigenvalue weighted by Crippen LogP contribution is -2.14. The molecule has 4 nitrogen and oxygen atoms in total. The Kier molecular flexibility index (Phi) is 5.11. The molecule has 1 amide bonds. The number of fused-ring (bicyclic) bond motifs is 1. The van der Waals surface area contributed by atoms with Gasteiger partial charge in [0.25, 0.3) is 0 Å². The van der Waals surface area contributed by atoms with Gasteiger partial charge in [-0.05, 0) is 36.6 Å². The van der Waals surface area contributed by atoms with Crippen LogP contribution in [0.15, 0.2) is 48.5 Å². The minimum Gasteiger partial charge on any atom is -0.494 e. The van der Waals surface area contributed by atoms with E-state index in [1.165, 1.54) is 16.9 Å². The van der Waals surface area contributed by atoms with Crippen molar-refractivity contribution in [2.24, 2.45) is 0 Å². The van der Waals surface area contributed by atoms with E-state index < -0.39 is 0 Å². The summed E-state index contributed by atoms with van der Waals surface area (Å²) in [5.74, 6) is 0.977. The van der Waals surface area contributed by atoms with E-state index in [1.807, 2.05) is 55.5 Å². The second-order valence-corrected chi connectivity index (χ2v) is 6.68. The lowest BCUT2D eigenvalue weighted by Gasteiger charge is -2.10. The summed E-state index contributed by atoms with van der Waals surface area (Å²) in [4.78, 5) is 16.7. The first kappa shape index (κ1) is 16.5. The van der Waals surface area contributed by atoms with E-state index in [4.69, 9.17) is 4.74 Å². The van der Waals surface area contributed by atoms with Crippen LogP contribution in [0.5, 0.6) is 5.75 Å². The molecule has 3 rings (SSSR count). The van der Waals surface area contributed by atoms with Gasteiger partial charge in [0.2, 0.25) is 5.91 Å². The van der Waals surface area contributed by atoms with Gasteiger partial charge in [-0.1, -0.05) is 48.6 Å². The fourth-order valence-electron chi connectivity index (χ4n) is 2.56. The van der Waals surface area contributed by atoms with E-state index in [9.17, 15) is 4.79 Å². The molecule has 1 aromatic heterocycles. The molecule has 1 atom stereocenters. The molecule has 2 aromatic carbocycles. The number of thiazole rings is 1. The molecule has 24 heavy (non-hydrogen) atoms. The van der Waals surface area contributed by atoms with Crippen LogP contribution >= 0.6 is 11.3 Å². The van der Waals surface area contributed by atoms with Crippen molar-refractivity contribution in [2.45, 2.75) is 26.2 Å². The number of aromatic nitrogens is 1. The van der Waals surface area contributed by atoms with Gasteiger partial charge in [0, 0.05) is 6.42 Å². The molecule has 0 fully saturated rings. The fraction of sp³-hybridized carbons (Fsp3) is 0.263. The van der Waals surface area contributed by atoms with Gasteiger partial charge in [0.05, 0.1) is 16.8 Å². The highest BCUT2D eigenvalue weighted by molar-refractivity contribution is 7.22. The number of nitrogens with one attached hydrogen (secondary N) is 1. The average Bonchev–Trinajstić information content (AvgIpc) is 2.97. The van der Waals surface area contributed by atoms with Crippen molar-refractivity contribution in [1.29, 1.82) is 0 Å². The van der Waals surface area contributed by atoms with Gasteiger partial charge < -0.3 is 10.1 Å². The standard InChI is InChI=1S/C19H20N2O2S/c1-3-23-15-9-10-16-17(12-15)24-19(20-16)21-18(22)11-13(2)14-7-5-4-6-8-14/h4-10,12-13H,3,11H2,1-2H3,(H,20,21,22)/t13-/m1/s1. The number of benzene rings is 2. The van der Waals surface area contributed by atoms with Crippen LogP contribution in [0.1, 0.15) is 31.7 Å². The average molecular weight is 340 g/mol. The van der Waals surface area contributed by atoms with Crippen molar-refractivity contribution in [3.05, 3.63) is 54.1 Å². The van der Waals surface area contributed by atoms with Crippen molar-refractivity contribution >= 4 is 32.6 Å². The first-order chi connectivity index (χ1) is 11.7. The van der Waals surface area contributed by atoms with Crippen LogP contribution in [0.3, 0.4) is 0 Å². The summed E-state index contributed by atoms with van der Waals surface area (Å²) in [6.45, 7) is 4.64. The normalized spacial score (nSPS) is 12.1. The Bertz CT molecular complexity index is 830. The number of hydrogen-bond acceptors (Lipinski definition) is 4. The van der Waals surface area contributed by atoms with Gasteiger partial charge in [0.1, 0.15) is 5.75 Å². The molecule has 1 N–H and O–H groups in total. The highest BCUT2D eigenvalue weighted by atomic mass is 32.1. The van der Waals surface area contributed by atoms with E-state index >= 15 is 0 Å². The monoisotopic (exact) mass is 340 g/mol. The molecular weight excluding hydrogens is 320 g/mol. The third-order valence-electron chi connectivity index (χ3n) is 3.78. The largest absolute Gasteiger partial charge is 0.494 e. The summed E-state index contributed by atoms with van der Waals surface area (Å²) in [5.41, 5.74) is 2.04. The molecule has 0 unspecified atom stereocenters. The lowest BCUT2D eigenvalue weighted by atomic mass is 9.98. The third kappa shape index (κ3) is 3.92. The summed E-state index contributed by atoms with van der Waals surface area (Å²) in [6, 6.07) is 15.8. The Morgan fingerprint density at radius 2 is 2.04 bits per heavy atom. The maximum atomic E-state index is 12.3. The number of hydrogen-bond donors (Lipinski definition) is 1. The smallest absolute Gasteiger partial charge is 0.226 e. The number of anilines is 1. The third-order valence-corrected chi connectivity index (χ3v) is 4.71. The molecule has 3 aromatic rings. The Balaban J connectivity index is 1.66. The van der Waals surface area contributed by atoms with Gasteiger partial charge in [-0.25, -0.2) is 4.98 Å². The van der Waals surface area contributed by atoms with E-state index in [0.717, 1.165) is 16.0 Å². The number of carbonyl (C=O) groups is 1. The zero-order valence-electron chi connectivity index (χ0n) is 13.8. The topological polar surface area (TPSA) is 51.2 Å².